The van der Waals surface area contributed by atoms with Gasteiger partial charge in [-0.25, -0.2) is 0 Å². The minimum Gasteiger partial charge on any atom is -0.126 e. The van der Waals surface area contributed by atoms with Crippen LogP contribution in [0.5, 0.6) is 0 Å². The molecule has 0 radical (unpaired) electrons. The Labute approximate surface area is 112 Å². The van der Waals surface area contributed by atoms with E-state index in [9.17, 15) is 0 Å². The maximum atomic E-state index is 5.84. The van der Waals surface area contributed by atoms with E-state index in [1.807, 2.05) is 0 Å². The van der Waals surface area contributed by atoms with Crippen LogP contribution in [0.1, 0.15) is 0 Å². The number of rotatable bonds is 3. The topological polar surface area (TPSA) is 0 Å². The zero-order valence-electron chi connectivity index (χ0n) is 6.08. The van der Waals surface area contributed by atoms with Gasteiger partial charge in [0.05, 0.1) is 5.38 Å². The first-order valence-electron chi connectivity index (χ1n) is 3.08. The second-order valence-corrected chi connectivity index (χ2v) is 6.39. The van der Waals surface area contributed by atoms with E-state index in [0.29, 0.717) is 0 Å². The summed E-state index contributed by atoms with van der Waals surface area (Å²) in [4.78, 5) is 0. The maximum Gasteiger partial charge on any atom is 0.196 e. The zero-order chi connectivity index (χ0) is 10.6. The van der Waals surface area contributed by atoms with Gasteiger partial charge in [-0.1, -0.05) is 58.0 Å². The molecule has 13 heavy (non-hydrogen) atoms. The van der Waals surface area contributed by atoms with Crippen LogP contribution in [0.15, 0.2) is 10.6 Å². The molecule has 0 N–H and O–H groups in total. The van der Waals surface area contributed by atoms with E-state index in [1.54, 1.807) is 0 Å². The van der Waals surface area contributed by atoms with Crippen LogP contribution in [0.4, 0.5) is 0 Å². The van der Waals surface area contributed by atoms with E-state index in [4.69, 9.17) is 81.2 Å². The minimum atomic E-state index is -1.53. The molecular weight excluding hydrogens is 320 g/mol. The predicted octanol–water partition coefficient (Wildman–Crippen LogP) is 5.14. The summed E-state index contributed by atoms with van der Waals surface area (Å²) in [5.41, 5.74) is 0. The third-order valence-electron chi connectivity index (χ3n) is 1.26. The normalized spacial score (nSPS) is 16.5. The van der Waals surface area contributed by atoms with Gasteiger partial charge in [-0.2, -0.15) is 0 Å². The Balaban J connectivity index is 4.51. The molecule has 0 aromatic carbocycles. The summed E-state index contributed by atoms with van der Waals surface area (Å²) in [6, 6.07) is 0. The SMILES string of the molecule is ClCC(C(Cl)C=C(Cl)Cl)C(Cl)(Cl)Cl. The number of halogens is 7. The van der Waals surface area contributed by atoms with Crippen LogP contribution in [-0.2, 0) is 0 Å². The summed E-state index contributed by atoms with van der Waals surface area (Å²) < 4.78 is -1.52. The lowest BCUT2D eigenvalue weighted by atomic mass is 10.1. The van der Waals surface area contributed by atoms with Crippen molar-refractivity contribution in [2.75, 3.05) is 5.88 Å². The third kappa shape index (κ3) is 6.04. The molecule has 0 aromatic rings. The van der Waals surface area contributed by atoms with Crippen LogP contribution in [0, 0.1) is 5.92 Å². The van der Waals surface area contributed by atoms with Gasteiger partial charge in [-0.15, -0.1) is 23.2 Å². The number of allylic oxidation sites excluding steroid dienone is 1. The predicted molar refractivity (Wildman–Crippen MR) is 63.9 cm³/mol. The molecule has 0 fully saturated rings. The molecule has 78 valence electrons. The van der Waals surface area contributed by atoms with Crippen molar-refractivity contribution < 1.29 is 0 Å². The molecule has 0 nitrogen and oxygen atoms in total. The Bertz CT molecular complexity index is 178. The highest BCUT2D eigenvalue weighted by Gasteiger charge is 2.36. The molecule has 0 saturated carbocycles. The fourth-order valence-corrected chi connectivity index (χ4v) is 2.98. The third-order valence-corrected chi connectivity index (χ3v) is 3.11. The molecule has 2 unspecified atom stereocenters. The van der Waals surface area contributed by atoms with Gasteiger partial charge in [-0.3, -0.25) is 0 Å². The Morgan fingerprint density at radius 1 is 1.23 bits per heavy atom. The van der Waals surface area contributed by atoms with Crippen molar-refractivity contribution >= 4 is 81.2 Å². The van der Waals surface area contributed by atoms with Crippen molar-refractivity contribution in [3.8, 4) is 0 Å². The molecule has 0 aliphatic heterocycles. The molecule has 0 aromatic heterocycles. The van der Waals surface area contributed by atoms with Gasteiger partial charge in [0.2, 0.25) is 0 Å². The van der Waals surface area contributed by atoms with E-state index >= 15 is 0 Å². The lowest BCUT2D eigenvalue weighted by molar-refractivity contribution is 0.622. The minimum absolute atomic E-state index is 0.0179. The van der Waals surface area contributed by atoms with Crippen molar-refractivity contribution in [1.82, 2.24) is 0 Å². The van der Waals surface area contributed by atoms with Gasteiger partial charge >= 0.3 is 0 Å². The van der Waals surface area contributed by atoms with E-state index < -0.39 is 15.1 Å². The van der Waals surface area contributed by atoms with Crippen LogP contribution in [-0.4, -0.2) is 15.0 Å². The van der Waals surface area contributed by atoms with Crippen LogP contribution in [0.25, 0.3) is 0 Å². The lowest BCUT2D eigenvalue weighted by Gasteiger charge is -2.24. The lowest BCUT2D eigenvalue weighted by Crippen LogP contribution is -2.28. The summed E-state index contributed by atoms with van der Waals surface area (Å²) in [6.07, 6.45) is 1.36. The molecule has 0 bridgehead atoms. The van der Waals surface area contributed by atoms with Crippen molar-refractivity contribution in [2.24, 2.45) is 5.92 Å². The standard InChI is InChI=1S/C6H5Cl7/c7-2-3(6(11,12)13)4(8)1-5(9)10/h1,3-4H,2H2. The number of alkyl halides is 5. The smallest absolute Gasteiger partial charge is 0.126 e. The van der Waals surface area contributed by atoms with Gasteiger partial charge in [0.15, 0.2) is 3.79 Å². The first kappa shape index (κ1) is 14.8. The average molecular weight is 325 g/mol. The molecule has 0 aliphatic carbocycles. The average Bonchev–Trinajstić information content (AvgIpc) is 1.82. The van der Waals surface area contributed by atoms with Crippen molar-refractivity contribution in [2.45, 2.75) is 9.17 Å². The van der Waals surface area contributed by atoms with Crippen LogP contribution in [0.2, 0.25) is 0 Å². The highest BCUT2D eigenvalue weighted by Crippen LogP contribution is 2.40. The molecular formula is C6H5Cl7. The number of hydrogen-bond acceptors (Lipinski definition) is 0. The molecule has 2 atom stereocenters. The fourth-order valence-electron chi connectivity index (χ4n) is 0.590. The largest absolute Gasteiger partial charge is 0.196 e. The quantitative estimate of drug-likeness (QED) is 0.631. The summed E-state index contributed by atoms with van der Waals surface area (Å²) in [7, 11) is 0. The molecule has 0 aliphatic rings. The van der Waals surface area contributed by atoms with E-state index in [-0.39, 0.29) is 10.4 Å². The summed E-state index contributed by atoms with van der Waals surface area (Å²) in [5, 5.41) is -0.616. The first-order chi connectivity index (χ1) is 5.79. The van der Waals surface area contributed by atoms with Gasteiger partial charge < -0.3 is 0 Å². The summed E-state index contributed by atoms with van der Waals surface area (Å²) >= 11 is 39.1. The number of hydrogen-bond donors (Lipinski definition) is 0. The molecule has 0 saturated heterocycles. The van der Waals surface area contributed by atoms with Gasteiger partial charge in [0.25, 0.3) is 0 Å². The molecule has 0 spiro atoms. The molecule has 0 heterocycles. The zero-order valence-corrected chi connectivity index (χ0v) is 11.4. The first-order valence-corrected chi connectivity index (χ1v) is 5.94. The maximum absolute atomic E-state index is 5.84. The van der Waals surface area contributed by atoms with Crippen LogP contribution >= 0.6 is 81.2 Å². The van der Waals surface area contributed by atoms with Crippen molar-refractivity contribution in [3.63, 3.8) is 0 Å². The van der Waals surface area contributed by atoms with E-state index in [2.05, 4.69) is 0 Å². The summed E-state index contributed by atoms with van der Waals surface area (Å²) in [6.45, 7) is 0. The Kier molecular flexibility index (Phi) is 7.24. The van der Waals surface area contributed by atoms with Gasteiger partial charge in [0.1, 0.15) is 4.49 Å². The molecule has 0 rings (SSSR count). The second kappa shape index (κ2) is 6.37. The molecule has 7 heteroatoms. The van der Waals surface area contributed by atoms with Gasteiger partial charge in [0, 0.05) is 11.8 Å². The highest BCUT2D eigenvalue weighted by molar-refractivity contribution is 6.68. The van der Waals surface area contributed by atoms with Crippen molar-refractivity contribution in [3.05, 3.63) is 10.6 Å². The van der Waals surface area contributed by atoms with E-state index in [1.165, 1.54) is 6.08 Å². The molecule has 0 amide bonds. The van der Waals surface area contributed by atoms with Gasteiger partial charge in [-0.05, 0) is 6.08 Å². The Morgan fingerprint density at radius 3 is 1.92 bits per heavy atom. The Hall–Kier alpha value is 1.77. The van der Waals surface area contributed by atoms with Crippen LogP contribution in [0.3, 0.4) is 0 Å². The Morgan fingerprint density at radius 2 is 1.69 bits per heavy atom. The second-order valence-electron chi connectivity index (χ2n) is 2.20. The van der Waals surface area contributed by atoms with Crippen LogP contribution < -0.4 is 0 Å². The summed E-state index contributed by atoms with van der Waals surface area (Å²) in [5.74, 6) is -0.448. The highest BCUT2D eigenvalue weighted by atomic mass is 35.6. The fraction of sp³-hybridized carbons (Fsp3) is 0.667. The van der Waals surface area contributed by atoms with Crippen molar-refractivity contribution in [1.29, 1.82) is 0 Å². The van der Waals surface area contributed by atoms with E-state index in [0.717, 1.165) is 0 Å². The monoisotopic (exact) mass is 322 g/mol.